The van der Waals surface area contributed by atoms with Crippen molar-refractivity contribution in [2.75, 3.05) is 14.2 Å². The third-order valence-electron chi connectivity index (χ3n) is 2.30. The van der Waals surface area contributed by atoms with E-state index in [0.717, 1.165) is 11.1 Å². The summed E-state index contributed by atoms with van der Waals surface area (Å²) in [6, 6.07) is 9.90. The van der Waals surface area contributed by atoms with Gasteiger partial charge in [-0.15, -0.1) is 0 Å². The molecular formula is C12H15NO2. The number of methoxy groups -OCH3 is 2. The van der Waals surface area contributed by atoms with Gasteiger partial charge in [0.15, 0.2) is 6.29 Å². The summed E-state index contributed by atoms with van der Waals surface area (Å²) in [7, 11) is 3.18. The van der Waals surface area contributed by atoms with Gasteiger partial charge in [-0.05, 0) is 18.6 Å². The number of nitrogens with zero attached hydrogens (tertiary/aromatic N) is 1. The van der Waals surface area contributed by atoms with Crippen molar-refractivity contribution >= 4 is 0 Å². The van der Waals surface area contributed by atoms with Gasteiger partial charge < -0.3 is 9.47 Å². The lowest BCUT2D eigenvalue weighted by Crippen LogP contribution is -2.04. The van der Waals surface area contributed by atoms with E-state index < -0.39 is 0 Å². The summed E-state index contributed by atoms with van der Waals surface area (Å²) in [6.45, 7) is 1.87. The average molecular weight is 205 g/mol. The Morgan fingerprint density at radius 2 is 1.80 bits per heavy atom. The molecule has 0 bridgehead atoms. The van der Waals surface area contributed by atoms with Crippen LogP contribution in [-0.4, -0.2) is 14.2 Å². The number of hydrogen-bond donors (Lipinski definition) is 0. The zero-order valence-corrected chi connectivity index (χ0v) is 9.23. The molecule has 0 heterocycles. The van der Waals surface area contributed by atoms with Crippen LogP contribution in [-0.2, 0) is 9.47 Å². The standard InChI is InChI=1S/C12H15NO2/c1-9(8-13)10-5-4-6-11(7-10)12(14-2)15-3/h4-7,9,12H,1-3H3. The Morgan fingerprint density at radius 3 is 2.33 bits per heavy atom. The largest absolute Gasteiger partial charge is 0.352 e. The molecule has 0 saturated carbocycles. The van der Waals surface area contributed by atoms with Gasteiger partial charge in [0.05, 0.1) is 12.0 Å². The summed E-state index contributed by atoms with van der Waals surface area (Å²) >= 11 is 0. The van der Waals surface area contributed by atoms with Crippen LogP contribution in [0.2, 0.25) is 0 Å². The van der Waals surface area contributed by atoms with Crippen LogP contribution in [0, 0.1) is 11.3 Å². The Morgan fingerprint density at radius 1 is 1.20 bits per heavy atom. The monoisotopic (exact) mass is 205 g/mol. The third-order valence-corrected chi connectivity index (χ3v) is 2.30. The quantitative estimate of drug-likeness (QED) is 0.709. The van der Waals surface area contributed by atoms with Crippen molar-refractivity contribution in [1.29, 1.82) is 5.26 Å². The Labute approximate surface area is 90.2 Å². The fourth-order valence-corrected chi connectivity index (χ4v) is 1.42. The summed E-state index contributed by atoms with van der Waals surface area (Å²) in [6.07, 6.45) is -0.365. The van der Waals surface area contributed by atoms with Crippen molar-refractivity contribution in [1.82, 2.24) is 0 Å². The minimum absolute atomic E-state index is 0.112. The first-order valence-corrected chi connectivity index (χ1v) is 4.78. The van der Waals surface area contributed by atoms with Crippen molar-refractivity contribution in [2.45, 2.75) is 19.1 Å². The molecule has 0 aliphatic rings. The lowest BCUT2D eigenvalue weighted by atomic mass is 10.0. The summed E-state index contributed by atoms with van der Waals surface area (Å²) in [5, 5.41) is 8.82. The first-order chi connectivity index (χ1) is 7.22. The van der Waals surface area contributed by atoms with Crippen molar-refractivity contribution in [3.63, 3.8) is 0 Å². The fourth-order valence-electron chi connectivity index (χ4n) is 1.42. The smallest absolute Gasteiger partial charge is 0.183 e. The van der Waals surface area contributed by atoms with Crippen LogP contribution in [0.4, 0.5) is 0 Å². The molecule has 1 atom stereocenters. The Hall–Kier alpha value is -1.37. The Bertz CT molecular complexity index is 353. The summed E-state index contributed by atoms with van der Waals surface area (Å²) in [5.74, 6) is -0.112. The van der Waals surface area contributed by atoms with Crippen LogP contribution in [0.5, 0.6) is 0 Å². The highest BCUT2D eigenvalue weighted by Gasteiger charge is 2.11. The predicted octanol–water partition coefficient (Wildman–Crippen LogP) is 2.61. The molecular weight excluding hydrogens is 190 g/mol. The average Bonchev–Trinajstić information content (AvgIpc) is 2.30. The molecule has 1 unspecified atom stereocenters. The van der Waals surface area contributed by atoms with Gasteiger partial charge in [-0.3, -0.25) is 0 Å². The summed E-state index contributed by atoms with van der Waals surface area (Å²) in [4.78, 5) is 0. The van der Waals surface area contributed by atoms with Crippen LogP contribution in [0.25, 0.3) is 0 Å². The molecule has 1 aromatic carbocycles. The van der Waals surface area contributed by atoms with Crippen molar-refractivity contribution in [3.05, 3.63) is 35.4 Å². The zero-order chi connectivity index (χ0) is 11.3. The van der Waals surface area contributed by atoms with Gasteiger partial charge in [0.25, 0.3) is 0 Å². The summed E-state index contributed by atoms with van der Waals surface area (Å²) in [5.41, 5.74) is 1.91. The first kappa shape index (κ1) is 11.7. The van der Waals surface area contributed by atoms with E-state index in [9.17, 15) is 0 Å². The molecule has 0 fully saturated rings. The molecule has 0 radical (unpaired) electrons. The zero-order valence-electron chi connectivity index (χ0n) is 9.23. The Balaban J connectivity index is 2.97. The maximum atomic E-state index is 8.82. The highest BCUT2D eigenvalue weighted by Crippen LogP contribution is 2.22. The number of ether oxygens (including phenoxy) is 2. The van der Waals surface area contributed by atoms with E-state index in [-0.39, 0.29) is 12.2 Å². The first-order valence-electron chi connectivity index (χ1n) is 4.78. The van der Waals surface area contributed by atoms with Crippen molar-refractivity contribution < 1.29 is 9.47 Å². The second-order valence-electron chi connectivity index (χ2n) is 3.32. The van der Waals surface area contributed by atoms with Crippen molar-refractivity contribution in [3.8, 4) is 6.07 Å². The van der Waals surface area contributed by atoms with E-state index in [0.29, 0.717) is 0 Å². The van der Waals surface area contributed by atoms with E-state index >= 15 is 0 Å². The van der Waals surface area contributed by atoms with Crippen LogP contribution < -0.4 is 0 Å². The minimum Gasteiger partial charge on any atom is -0.352 e. The molecule has 1 aromatic rings. The second kappa shape index (κ2) is 5.50. The van der Waals surface area contributed by atoms with Crippen LogP contribution in [0.1, 0.15) is 30.3 Å². The maximum absolute atomic E-state index is 8.82. The van der Waals surface area contributed by atoms with E-state index in [1.54, 1.807) is 14.2 Å². The van der Waals surface area contributed by atoms with Gasteiger partial charge in [-0.1, -0.05) is 18.2 Å². The molecule has 0 amide bonds. The molecule has 15 heavy (non-hydrogen) atoms. The third kappa shape index (κ3) is 2.79. The molecule has 0 saturated heterocycles. The van der Waals surface area contributed by atoms with E-state index in [4.69, 9.17) is 14.7 Å². The number of rotatable bonds is 4. The molecule has 3 heteroatoms. The van der Waals surface area contributed by atoms with Gasteiger partial charge in [0.1, 0.15) is 0 Å². The number of benzene rings is 1. The van der Waals surface area contributed by atoms with Gasteiger partial charge in [0, 0.05) is 19.8 Å². The van der Waals surface area contributed by atoms with Gasteiger partial charge in [0.2, 0.25) is 0 Å². The highest BCUT2D eigenvalue weighted by atomic mass is 16.7. The van der Waals surface area contributed by atoms with Crippen LogP contribution in [0.3, 0.4) is 0 Å². The van der Waals surface area contributed by atoms with E-state index in [2.05, 4.69) is 6.07 Å². The van der Waals surface area contributed by atoms with Crippen molar-refractivity contribution in [2.24, 2.45) is 0 Å². The lowest BCUT2D eigenvalue weighted by Gasteiger charge is -2.15. The fraction of sp³-hybridized carbons (Fsp3) is 0.417. The molecule has 0 aromatic heterocycles. The van der Waals surface area contributed by atoms with Gasteiger partial charge >= 0.3 is 0 Å². The molecule has 0 aliphatic heterocycles. The molecule has 0 N–H and O–H groups in total. The normalized spacial score (nSPS) is 12.5. The lowest BCUT2D eigenvalue weighted by molar-refractivity contribution is -0.106. The molecule has 1 rings (SSSR count). The van der Waals surface area contributed by atoms with Crippen LogP contribution >= 0.6 is 0 Å². The van der Waals surface area contributed by atoms with E-state index in [1.807, 2.05) is 31.2 Å². The summed E-state index contributed by atoms with van der Waals surface area (Å²) < 4.78 is 10.3. The maximum Gasteiger partial charge on any atom is 0.183 e. The topological polar surface area (TPSA) is 42.2 Å². The minimum atomic E-state index is -0.365. The second-order valence-corrected chi connectivity index (χ2v) is 3.32. The Kier molecular flexibility index (Phi) is 4.29. The SMILES string of the molecule is COC(OC)c1cccc(C(C)C#N)c1. The predicted molar refractivity (Wildman–Crippen MR) is 57.2 cm³/mol. The van der Waals surface area contributed by atoms with Gasteiger partial charge in [-0.2, -0.15) is 5.26 Å². The molecule has 0 aliphatic carbocycles. The molecule has 3 nitrogen and oxygen atoms in total. The van der Waals surface area contributed by atoms with Crippen LogP contribution in [0.15, 0.2) is 24.3 Å². The van der Waals surface area contributed by atoms with Gasteiger partial charge in [-0.25, -0.2) is 0 Å². The number of nitriles is 1. The highest BCUT2D eigenvalue weighted by molar-refractivity contribution is 5.29. The molecule has 80 valence electrons. The van der Waals surface area contributed by atoms with E-state index in [1.165, 1.54) is 0 Å². The number of hydrogen-bond acceptors (Lipinski definition) is 3. The molecule has 0 spiro atoms.